The second-order valence-corrected chi connectivity index (χ2v) is 27.4. The number of likely N-dealkylation sites (N-methyl/N-ethyl adjacent to an activating group) is 1. The molecule has 0 aromatic heterocycles. The van der Waals surface area contributed by atoms with Crippen LogP contribution in [0.3, 0.4) is 0 Å². The van der Waals surface area contributed by atoms with E-state index in [4.69, 9.17) is 71.1 Å². The van der Waals surface area contributed by atoms with Crippen LogP contribution >= 0.6 is 0 Å². The van der Waals surface area contributed by atoms with Crippen molar-refractivity contribution in [3.8, 4) is 0 Å². The summed E-state index contributed by atoms with van der Waals surface area (Å²) in [6.07, 6.45) is 9.81. The van der Waals surface area contributed by atoms with E-state index < -0.39 is 45.3 Å². The van der Waals surface area contributed by atoms with Crippen molar-refractivity contribution in [1.82, 2.24) is 78.4 Å². The van der Waals surface area contributed by atoms with Gasteiger partial charge in [0.15, 0.2) is 45.3 Å². The van der Waals surface area contributed by atoms with Crippen molar-refractivity contribution in [2.45, 2.75) is 191 Å². The molecule has 0 aliphatic carbocycles. The maximum absolute atomic E-state index is 13.7. The molecule has 0 N–H and O–H groups in total. The Bertz CT molecular complexity index is 2690. The number of carbonyl (C=O) groups excluding carboxylic acids is 8. The molecule has 0 saturated carbocycles. The van der Waals surface area contributed by atoms with Crippen LogP contribution in [-0.4, -0.2) is 387 Å². The van der Waals surface area contributed by atoms with Crippen LogP contribution in [0.2, 0.25) is 0 Å². The summed E-state index contributed by atoms with van der Waals surface area (Å²) < 4.78 is 80.3. The largest absolute Gasteiger partial charge is 0.364 e. The third-order valence-corrected chi connectivity index (χ3v) is 22.3. The molecule has 16 amide bonds. The number of amides is 16. The van der Waals surface area contributed by atoms with E-state index in [0.29, 0.717) is 44.9 Å². The normalized spacial score (nSPS) is 27.9. The summed E-state index contributed by atoms with van der Waals surface area (Å²) in [7, 11) is 24.8. The topological polar surface area (TPSA) is 327 Å². The van der Waals surface area contributed by atoms with Crippen LogP contribution in [0.1, 0.15) is 145 Å². The Kier molecular flexibility index (Phi) is 34.3. The van der Waals surface area contributed by atoms with Crippen LogP contribution in [-0.2, 0) is 71.1 Å². The molecule has 2 unspecified atom stereocenters. The molecule has 0 aromatic rings. The molecule has 0 bridgehead atoms. The SMILES string of the molecule is CCC12N(COC)C(=O)N(COC)C1(CC)N(COC)C(=O)N2COC.CCCC12N(C)C(=O)N(COC)C1(CCC)N(COC)C(=O)N2COC.CCCC12N(COC)C(=O)N(COC)C1(C)N(COC)C(=O)N2COC.CCCCC12N(COC)C(=O)N(COC)C1(CCCC)N(COC)C(=O)N2COC. The summed E-state index contributed by atoms with van der Waals surface area (Å²) in [5.41, 5.74) is -7.59. The fourth-order valence-corrected chi connectivity index (χ4v) is 18.6. The summed E-state index contributed by atoms with van der Waals surface area (Å²) >= 11 is 0. The monoisotopic (exact) mass is 1550 g/mol. The molecule has 8 heterocycles. The van der Waals surface area contributed by atoms with Gasteiger partial charge in [-0.25, -0.2) is 38.4 Å². The van der Waals surface area contributed by atoms with Gasteiger partial charge in [-0.1, -0.05) is 80.6 Å². The third kappa shape index (κ3) is 14.0. The van der Waals surface area contributed by atoms with Gasteiger partial charge in [-0.2, -0.15) is 0 Å². The molecule has 8 aliphatic rings. The lowest BCUT2D eigenvalue weighted by Crippen LogP contribution is -2.68. The van der Waals surface area contributed by atoms with Gasteiger partial charge >= 0.3 is 48.2 Å². The number of fused-ring (bicyclic) bond motifs is 4. The van der Waals surface area contributed by atoms with E-state index in [-0.39, 0.29) is 149 Å². The van der Waals surface area contributed by atoms with Crippen LogP contribution in [0, 0.1) is 0 Å². The minimum Gasteiger partial charge on any atom is -0.364 e. The van der Waals surface area contributed by atoms with Crippen LogP contribution in [0.15, 0.2) is 0 Å². The first-order chi connectivity index (χ1) is 51.8. The Morgan fingerprint density at radius 3 is 0.593 bits per heavy atom. The van der Waals surface area contributed by atoms with Gasteiger partial charge in [-0.15, -0.1) is 0 Å². The first kappa shape index (κ1) is 92.2. The maximum atomic E-state index is 13.7. The first-order valence-corrected chi connectivity index (χ1v) is 36.9. The minimum absolute atomic E-state index is 0.0370. The third-order valence-electron chi connectivity index (χ3n) is 22.3. The van der Waals surface area contributed by atoms with E-state index in [0.717, 1.165) is 44.9 Å². The van der Waals surface area contributed by atoms with E-state index in [1.807, 2.05) is 34.6 Å². The van der Waals surface area contributed by atoms with Gasteiger partial charge in [-0.3, -0.25) is 73.5 Å². The van der Waals surface area contributed by atoms with Crippen molar-refractivity contribution in [2.75, 3.05) is 215 Å². The summed E-state index contributed by atoms with van der Waals surface area (Å²) in [5, 5.41) is 0. The van der Waals surface area contributed by atoms with Crippen LogP contribution in [0.4, 0.5) is 38.4 Å². The average molecular weight is 1550 g/mol. The zero-order valence-corrected chi connectivity index (χ0v) is 69.1. The van der Waals surface area contributed by atoms with E-state index in [9.17, 15) is 38.4 Å². The first-order valence-electron chi connectivity index (χ1n) is 36.9. The molecular weight excluding hydrogens is 1420 g/mol. The molecule has 0 aromatic carbocycles. The summed E-state index contributed by atoms with van der Waals surface area (Å²) in [5.74, 6) is 0. The number of hydrogen-bond donors (Lipinski definition) is 0. The number of unbranched alkanes of at least 4 members (excludes halogenated alkanes) is 2. The second-order valence-electron chi connectivity index (χ2n) is 27.4. The Labute approximate surface area is 639 Å². The van der Waals surface area contributed by atoms with E-state index in [1.165, 1.54) is 56.9 Å². The van der Waals surface area contributed by atoms with Crippen molar-refractivity contribution in [3.05, 3.63) is 0 Å². The quantitative estimate of drug-likeness (QED) is 0.0610. The van der Waals surface area contributed by atoms with E-state index >= 15 is 0 Å². The summed E-state index contributed by atoms with van der Waals surface area (Å²) in [6.45, 7) is 16.9. The molecule has 8 saturated heterocycles. The number of carbonyl (C=O) groups is 8. The molecule has 108 heavy (non-hydrogen) atoms. The molecule has 8 fully saturated rings. The molecule has 624 valence electrons. The highest BCUT2D eigenvalue weighted by Gasteiger charge is 2.81. The van der Waals surface area contributed by atoms with Crippen molar-refractivity contribution in [2.24, 2.45) is 0 Å². The Hall–Kier alpha value is -6.44. The molecule has 0 radical (unpaired) electrons. The van der Waals surface area contributed by atoms with Gasteiger partial charge in [0.05, 0.1) is 0 Å². The smallest absolute Gasteiger partial charge is 0.327 e. The van der Waals surface area contributed by atoms with Crippen LogP contribution < -0.4 is 0 Å². The van der Waals surface area contributed by atoms with Crippen molar-refractivity contribution >= 4 is 48.2 Å². The van der Waals surface area contributed by atoms with Crippen molar-refractivity contribution < 1.29 is 109 Å². The zero-order valence-electron chi connectivity index (χ0n) is 69.1. The molecule has 8 aliphatic heterocycles. The highest BCUT2D eigenvalue weighted by atomic mass is 16.5. The fourth-order valence-electron chi connectivity index (χ4n) is 18.6. The highest BCUT2D eigenvalue weighted by molar-refractivity contribution is 5.91. The maximum Gasteiger partial charge on any atom is 0.327 e. The molecule has 0 spiro atoms. The number of ether oxygens (including phenoxy) is 15. The average Bonchev–Trinajstić information content (AvgIpc) is 1.51. The lowest BCUT2D eigenvalue weighted by Gasteiger charge is -2.49. The summed E-state index contributed by atoms with van der Waals surface area (Å²) in [6, 6.07) is -1.85. The Morgan fingerprint density at radius 1 is 0.213 bits per heavy atom. The van der Waals surface area contributed by atoms with Gasteiger partial charge in [0.25, 0.3) is 0 Å². The number of hydrogen-bond acceptors (Lipinski definition) is 23. The van der Waals surface area contributed by atoms with Gasteiger partial charge in [0.2, 0.25) is 0 Å². The van der Waals surface area contributed by atoms with Gasteiger partial charge in [0, 0.05) is 114 Å². The predicted octanol–water partition coefficient (Wildman–Crippen LogP) is 6.73. The van der Waals surface area contributed by atoms with Crippen molar-refractivity contribution in [3.63, 3.8) is 0 Å². The standard InChI is InChI=1S/C20H38N4O6.C17H32N4O5.2C16H30N4O6/c1-7-9-11-19-20(12-10-8-2,23(15-29-5)17(25)21(19)13-27-3)24(16-30-6)18(26)22(19)14-28-4;1-7-9-16-17(10-8-2,19(11-24-4)14(22)18(16)3)21(13-26-6)15(23)20(16)12-25-5;1-7-8-16-15(2,17(9-23-3)13(21)19(16)11-25-5)18(10-24-4)14(22)20(16)12-26-6;1-7-15-16(8-2,19(11-25-5)13(21)17(15)9-23-3)20(12-26-6)14(22)18(15)10-24-4/h7-16H2,1-6H3;7-13H2,1-6H3;2*7-12H2,1-6H3. The summed E-state index contributed by atoms with van der Waals surface area (Å²) in [4.78, 5) is 133. The van der Waals surface area contributed by atoms with Gasteiger partial charge in [-0.05, 0) is 64.7 Å². The fraction of sp³-hybridized carbons (Fsp3) is 0.884. The number of urea groups is 8. The van der Waals surface area contributed by atoms with Crippen molar-refractivity contribution in [1.29, 1.82) is 0 Å². The van der Waals surface area contributed by atoms with Crippen LogP contribution in [0.25, 0.3) is 0 Å². The molecule has 39 nitrogen and oxygen atoms in total. The molecule has 2 atom stereocenters. The van der Waals surface area contributed by atoms with Gasteiger partial charge in [0.1, 0.15) is 101 Å². The predicted molar refractivity (Wildman–Crippen MR) is 389 cm³/mol. The number of methoxy groups -OCH3 is 15. The van der Waals surface area contributed by atoms with E-state index in [1.54, 1.807) is 135 Å². The molecule has 8 rings (SSSR count). The lowest BCUT2D eigenvalue weighted by atomic mass is 9.83. The Balaban J connectivity index is 0.000000259. The minimum atomic E-state index is -1.01. The van der Waals surface area contributed by atoms with Gasteiger partial charge < -0.3 is 76.0 Å². The van der Waals surface area contributed by atoms with E-state index in [2.05, 4.69) is 20.8 Å². The van der Waals surface area contributed by atoms with Crippen LogP contribution in [0.5, 0.6) is 0 Å². The lowest BCUT2D eigenvalue weighted by molar-refractivity contribution is -0.140. The number of rotatable bonds is 44. The Morgan fingerprint density at radius 2 is 0.380 bits per heavy atom. The number of nitrogens with zero attached hydrogens (tertiary/aromatic N) is 16. The molecule has 39 heteroatoms. The highest BCUT2D eigenvalue weighted by Crippen LogP contribution is 2.60. The second kappa shape index (κ2) is 40.2. The zero-order chi connectivity index (χ0) is 81.0. The molecular formula is C69H130N16O23.